The number of benzene rings is 3. The summed E-state index contributed by atoms with van der Waals surface area (Å²) in [5.41, 5.74) is 6.00. The first-order valence-electron chi connectivity index (χ1n) is 11.7. The van der Waals surface area contributed by atoms with Crippen LogP contribution in [0.3, 0.4) is 0 Å². The summed E-state index contributed by atoms with van der Waals surface area (Å²) in [6, 6.07) is 25.1. The molecular weight excluding hydrogens is 430 g/mol. The summed E-state index contributed by atoms with van der Waals surface area (Å²) in [5, 5.41) is 0.766. The van der Waals surface area contributed by atoms with Gasteiger partial charge in [-0.25, -0.2) is 0 Å². The first-order valence-corrected chi connectivity index (χ1v) is 12.1. The highest BCUT2D eigenvalue weighted by Crippen LogP contribution is 2.38. The van der Waals surface area contributed by atoms with E-state index in [9.17, 15) is 0 Å². The molecule has 2 aliphatic rings. The Labute approximate surface area is 201 Å². The number of para-hydroxylation sites is 1. The molecule has 0 spiro atoms. The van der Waals surface area contributed by atoms with Crippen molar-refractivity contribution in [2.45, 2.75) is 31.5 Å². The highest BCUT2D eigenvalue weighted by Gasteiger charge is 2.36. The van der Waals surface area contributed by atoms with Crippen LogP contribution in [-0.2, 0) is 16.9 Å². The van der Waals surface area contributed by atoms with E-state index in [2.05, 4.69) is 65.6 Å². The Hall–Kier alpha value is -2.59. The van der Waals surface area contributed by atoms with Crippen molar-refractivity contribution >= 4 is 17.2 Å². The molecule has 0 aliphatic carbocycles. The van der Waals surface area contributed by atoms with E-state index in [4.69, 9.17) is 21.1 Å². The highest BCUT2D eigenvalue weighted by atomic mass is 35.5. The van der Waals surface area contributed by atoms with Crippen molar-refractivity contribution in [2.75, 3.05) is 26.7 Å². The Morgan fingerprint density at radius 1 is 0.939 bits per heavy atom. The third-order valence-corrected chi connectivity index (χ3v) is 7.34. The van der Waals surface area contributed by atoms with Crippen molar-refractivity contribution in [2.24, 2.45) is 0 Å². The van der Waals surface area contributed by atoms with Gasteiger partial charge in [0.15, 0.2) is 0 Å². The van der Waals surface area contributed by atoms with E-state index in [1.807, 2.05) is 25.3 Å². The monoisotopic (exact) mass is 459 g/mol. The fourth-order valence-electron chi connectivity index (χ4n) is 5.14. The summed E-state index contributed by atoms with van der Waals surface area (Å²) in [6.07, 6.45) is 5.37. The van der Waals surface area contributed by atoms with E-state index >= 15 is 0 Å². The van der Waals surface area contributed by atoms with Gasteiger partial charge >= 0.3 is 0 Å². The van der Waals surface area contributed by atoms with Crippen LogP contribution >= 0.6 is 11.6 Å². The number of ether oxygens (including phenoxy) is 2. The van der Waals surface area contributed by atoms with Gasteiger partial charge in [-0.2, -0.15) is 0 Å². The van der Waals surface area contributed by atoms with E-state index in [0.29, 0.717) is 6.61 Å². The fraction of sp³-hybridized carbons (Fsp3) is 0.310. The lowest BCUT2D eigenvalue weighted by molar-refractivity contribution is -0.0621. The lowest BCUT2D eigenvalue weighted by Crippen LogP contribution is -2.44. The van der Waals surface area contributed by atoms with Crippen molar-refractivity contribution in [1.29, 1.82) is 0 Å². The average Bonchev–Trinajstić information content (AvgIpc) is 3.02. The number of nitrogens with zero attached hydrogens (tertiary/aromatic N) is 1. The number of rotatable bonds is 5. The lowest BCUT2D eigenvalue weighted by Gasteiger charge is -2.41. The lowest BCUT2D eigenvalue weighted by atomic mass is 9.84. The molecule has 1 fully saturated rings. The largest absolute Gasteiger partial charge is 0.488 e. The smallest absolute Gasteiger partial charge is 0.127 e. The third-order valence-electron chi connectivity index (χ3n) is 7.09. The van der Waals surface area contributed by atoms with E-state index in [-0.39, 0.29) is 5.60 Å². The Kier molecular flexibility index (Phi) is 6.55. The van der Waals surface area contributed by atoms with Gasteiger partial charge in [0, 0.05) is 37.3 Å². The van der Waals surface area contributed by atoms with Crippen LogP contribution in [0.25, 0.3) is 5.57 Å². The molecule has 1 saturated heterocycles. The molecule has 0 atom stereocenters. The Bertz CT molecular complexity index is 1080. The minimum atomic E-state index is -0.212. The number of halogens is 1. The van der Waals surface area contributed by atoms with Gasteiger partial charge in [-0.3, -0.25) is 0 Å². The predicted octanol–water partition coefficient (Wildman–Crippen LogP) is 6.69. The van der Waals surface area contributed by atoms with E-state index < -0.39 is 0 Å². The second-order valence-electron chi connectivity index (χ2n) is 8.90. The zero-order valence-corrected chi connectivity index (χ0v) is 19.9. The van der Waals surface area contributed by atoms with Crippen LogP contribution in [-0.4, -0.2) is 31.6 Å². The molecule has 2 heterocycles. The van der Waals surface area contributed by atoms with E-state index in [1.165, 1.54) is 27.8 Å². The molecule has 170 valence electrons. The molecule has 0 amide bonds. The number of fused-ring (bicyclic) bond motifs is 2. The summed E-state index contributed by atoms with van der Waals surface area (Å²) in [7, 11) is 1.83. The van der Waals surface area contributed by atoms with Crippen molar-refractivity contribution < 1.29 is 9.47 Å². The Balaban J connectivity index is 1.29. The molecule has 0 radical (unpaired) electrons. The summed E-state index contributed by atoms with van der Waals surface area (Å²) in [5.74, 6) is 0.964. The summed E-state index contributed by atoms with van der Waals surface area (Å²) in [6.45, 7) is 3.70. The quantitative estimate of drug-likeness (QED) is 0.424. The van der Waals surface area contributed by atoms with Gasteiger partial charge in [0.25, 0.3) is 0 Å². The molecule has 0 saturated carbocycles. The maximum Gasteiger partial charge on any atom is 0.127 e. The average molecular weight is 460 g/mol. The third kappa shape index (κ3) is 4.59. The number of methoxy groups -OCH3 is 1. The van der Waals surface area contributed by atoms with Gasteiger partial charge in [-0.1, -0.05) is 72.3 Å². The molecule has 5 rings (SSSR count). The number of likely N-dealkylation sites (tertiary alicyclic amines) is 1. The molecule has 0 aromatic heterocycles. The maximum atomic E-state index is 6.11. The van der Waals surface area contributed by atoms with Crippen LogP contribution in [0.4, 0.5) is 0 Å². The van der Waals surface area contributed by atoms with Crippen LogP contribution in [0.15, 0.2) is 78.9 Å². The van der Waals surface area contributed by atoms with Gasteiger partial charge in [0.2, 0.25) is 0 Å². The Morgan fingerprint density at radius 2 is 1.64 bits per heavy atom. The number of hydrogen-bond acceptors (Lipinski definition) is 3. The number of hydrogen-bond donors (Lipinski definition) is 0. The summed E-state index contributed by atoms with van der Waals surface area (Å²) >= 11 is 6.09. The SMILES string of the molecule is COC1(c2ccc(Cl)cc2)CCN(CCC=C2c3ccccc3COc3ccccc32)CC1. The maximum absolute atomic E-state index is 6.11. The predicted molar refractivity (Wildman–Crippen MR) is 135 cm³/mol. The van der Waals surface area contributed by atoms with Crippen LogP contribution in [0.1, 0.15) is 41.5 Å². The van der Waals surface area contributed by atoms with E-state index in [1.54, 1.807) is 0 Å². The van der Waals surface area contributed by atoms with Crippen molar-refractivity contribution in [1.82, 2.24) is 4.90 Å². The molecule has 3 nitrogen and oxygen atoms in total. The Morgan fingerprint density at radius 3 is 2.39 bits per heavy atom. The molecule has 2 aliphatic heterocycles. The van der Waals surface area contributed by atoms with Gasteiger partial charge in [0.1, 0.15) is 12.4 Å². The molecule has 4 heteroatoms. The van der Waals surface area contributed by atoms with Crippen LogP contribution in [0.5, 0.6) is 5.75 Å². The van der Waals surface area contributed by atoms with Crippen molar-refractivity contribution in [3.05, 3.63) is 106 Å². The van der Waals surface area contributed by atoms with Crippen molar-refractivity contribution in [3.8, 4) is 5.75 Å². The molecule has 3 aromatic rings. The molecular formula is C29H30ClNO2. The molecule has 0 unspecified atom stereocenters. The minimum absolute atomic E-state index is 0.212. The van der Waals surface area contributed by atoms with Gasteiger partial charge in [-0.15, -0.1) is 0 Å². The van der Waals surface area contributed by atoms with Crippen LogP contribution in [0, 0.1) is 0 Å². The van der Waals surface area contributed by atoms with Crippen LogP contribution in [0.2, 0.25) is 5.02 Å². The normalized spacial score (nSPS) is 18.8. The van der Waals surface area contributed by atoms with Gasteiger partial charge < -0.3 is 14.4 Å². The van der Waals surface area contributed by atoms with E-state index in [0.717, 1.165) is 49.7 Å². The zero-order chi connectivity index (χ0) is 22.7. The zero-order valence-electron chi connectivity index (χ0n) is 19.1. The first kappa shape index (κ1) is 22.2. The summed E-state index contributed by atoms with van der Waals surface area (Å²) in [4.78, 5) is 2.55. The topological polar surface area (TPSA) is 21.7 Å². The number of piperidine rings is 1. The standard InChI is InChI=1S/C29H30ClNO2/c1-32-29(23-12-14-24(30)15-13-23)16-19-31(20-17-29)18-6-10-26-25-8-3-2-7-22(25)21-33-28-11-5-4-9-27(26)28/h2-5,7-15H,6,16-21H2,1H3. The molecule has 0 bridgehead atoms. The minimum Gasteiger partial charge on any atom is -0.488 e. The van der Waals surface area contributed by atoms with Gasteiger partial charge in [-0.05, 0) is 59.7 Å². The second-order valence-corrected chi connectivity index (χ2v) is 9.33. The first-order chi connectivity index (χ1) is 16.2. The van der Waals surface area contributed by atoms with Crippen LogP contribution < -0.4 is 4.74 Å². The van der Waals surface area contributed by atoms with Gasteiger partial charge in [0.05, 0.1) is 5.60 Å². The second kappa shape index (κ2) is 9.72. The van der Waals surface area contributed by atoms with Crippen molar-refractivity contribution in [3.63, 3.8) is 0 Å². The molecule has 33 heavy (non-hydrogen) atoms. The highest BCUT2D eigenvalue weighted by molar-refractivity contribution is 6.30. The molecule has 0 N–H and O–H groups in total. The fourth-order valence-corrected chi connectivity index (χ4v) is 5.26. The summed E-state index contributed by atoms with van der Waals surface area (Å²) < 4.78 is 12.2. The molecule has 3 aromatic carbocycles.